The zero-order valence-electron chi connectivity index (χ0n) is 13.7. The van der Waals surface area contributed by atoms with E-state index in [2.05, 4.69) is 5.32 Å². The first-order valence-electron chi connectivity index (χ1n) is 8.18. The van der Waals surface area contributed by atoms with Crippen LogP contribution in [0.25, 0.3) is 0 Å². The van der Waals surface area contributed by atoms with Crippen LogP contribution in [0.2, 0.25) is 0 Å². The molecule has 2 aliphatic rings. The van der Waals surface area contributed by atoms with Crippen LogP contribution in [0.15, 0.2) is 0 Å². The first kappa shape index (κ1) is 16.6. The average molecular weight is 298 g/mol. The number of carbonyl (C=O) groups is 1. The van der Waals surface area contributed by atoms with E-state index in [0.29, 0.717) is 12.5 Å². The molecule has 0 aromatic rings. The van der Waals surface area contributed by atoms with E-state index in [0.717, 1.165) is 51.7 Å². The second-order valence-corrected chi connectivity index (χ2v) is 7.62. The number of rotatable bonds is 2. The van der Waals surface area contributed by atoms with Gasteiger partial charge in [0.1, 0.15) is 5.60 Å². The Morgan fingerprint density at radius 3 is 2.57 bits per heavy atom. The maximum absolute atomic E-state index is 12.0. The Balaban J connectivity index is 1.76. The molecule has 5 nitrogen and oxygen atoms in total. The van der Waals surface area contributed by atoms with Crippen LogP contribution in [-0.2, 0) is 4.74 Å². The lowest BCUT2D eigenvalue weighted by Crippen LogP contribution is -2.48. The van der Waals surface area contributed by atoms with E-state index in [4.69, 9.17) is 4.74 Å². The van der Waals surface area contributed by atoms with Crippen LogP contribution in [0.1, 0.15) is 52.9 Å². The molecule has 0 saturated carbocycles. The maximum Gasteiger partial charge on any atom is 0.410 e. The molecule has 2 saturated heterocycles. The van der Waals surface area contributed by atoms with E-state index < -0.39 is 11.2 Å². The summed E-state index contributed by atoms with van der Waals surface area (Å²) in [6.07, 6.45) is 4.50. The Hall–Kier alpha value is -0.810. The molecule has 2 fully saturated rings. The minimum Gasteiger partial charge on any atom is -0.444 e. The molecule has 0 spiro atoms. The highest BCUT2D eigenvalue weighted by Crippen LogP contribution is 2.30. The van der Waals surface area contributed by atoms with Crippen LogP contribution in [0.5, 0.6) is 0 Å². The Morgan fingerprint density at radius 1 is 1.38 bits per heavy atom. The molecular weight excluding hydrogens is 268 g/mol. The number of hydrogen-bond acceptors (Lipinski definition) is 4. The average Bonchev–Trinajstić information content (AvgIpc) is 2.38. The Kier molecular flexibility index (Phi) is 5.15. The van der Waals surface area contributed by atoms with Crippen molar-refractivity contribution >= 4 is 6.09 Å². The Bertz CT molecular complexity index is 351. The number of likely N-dealkylation sites (tertiary alicyclic amines) is 1. The number of ether oxygens (including phenoxy) is 1. The number of amides is 1. The summed E-state index contributed by atoms with van der Waals surface area (Å²) in [5, 5.41) is 13.9. The molecule has 2 aliphatic heterocycles. The van der Waals surface area contributed by atoms with Gasteiger partial charge < -0.3 is 20.1 Å². The molecule has 122 valence electrons. The summed E-state index contributed by atoms with van der Waals surface area (Å²) in [5.41, 5.74) is -0.978. The monoisotopic (exact) mass is 298 g/mol. The fraction of sp³-hybridized carbons (Fsp3) is 0.938. The van der Waals surface area contributed by atoms with Crippen LogP contribution in [0.4, 0.5) is 4.79 Å². The van der Waals surface area contributed by atoms with Crippen molar-refractivity contribution in [2.24, 2.45) is 5.92 Å². The second-order valence-electron chi connectivity index (χ2n) is 7.62. The molecule has 2 N–H and O–H groups in total. The molecule has 1 atom stereocenters. The topological polar surface area (TPSA) is 61.8 Å². The fourth-order valence-corrected chi connectivity index (χ4v) is 3.31. The highest BCUT2D eigenvalue weighted by Gasteiger charge is 2.34. The van der Waals surface area contributed by atoms with Crippen LogP contribution < -0.4 is 5.32 Å². The number of carbonyl (C=O) groups excluding carboxylic acids is 1. The largest absolute Gasteiger partial charge is 0.444 e. The number of piperidine rings is 2. The number of nitrogens with zero attached hydrogens (tertiary/aromatic N) is 1. The van der Waals surface area contributed by atoms with Crippen molar-refractivity contribution in [2.75, 3.05) is 26.2 Å². The standard InChI is InChI=1S/C16H30N2O3/c1-15(2,3)21-14(19)18-9-5-13(6-10-18)11-16(20)7-4-8-17-12-16/h13,17,20H,4-12H2,1-3H3. The lowest BCUT2D eigenvalue weighted by molar-refractivity contribution is -0.0177. The molecule has 0 aromatic heterocycles. The quantitative estimate of drug-likeness (QED) is 0.820. The van der Waals surface area contributed by atoms with Gasteiger partial charge >= 0.3 is 6.09 Å². The van der Waals surface area contributed by atoms with Crippen LogP contribution in [0, 0.1) is 5.92 Å². The molecule has 0 radical (unpaired) electrons. The maximum atomic E-state index is 12.0. The Labute approximate surface area is 128 Å². The molecule has 1 amide bonds. The van der Waals surface area contributed by atoms with E-state index in [1.807, 2.05) is 20.8 Å². The molecule has 0 aromatic carbocycles. The number of aliphatic hydroxyl groups is 1. The minimum absolute atomic E-state index is 0.209. The first-order chi connectivity index (χ1) is 9.77. The van der Waals surface area contributed by atoms with Crippen molar-refractivity contribution in [1.82, 2.24) is 10.2 Å². The first-order valence-corrected chi connectivity index (χ1v) is 8.18. The molecule has 21 heavy (non-hydrogen) atoms. The zero-order valence-corrected chi connectivity index (χ0v) is 13.7. The van der Waals surface area contributed by atoms with Crippen molar-refractivity contribution in [3.8, 4) is 0 Å². The number of hydrogen-bond donors (Lipinski definition) is 2. The Morgan fingerprint density at radius 2 is 2.05 bits per heavy atom. The molecule has 0 aliphatic carbocycles. The number of nitrogens with one attached hydrogen (secondary N) is 1. The summed E-state index contributed by atoms with van der Waals surface area (Å²) in [6.45, 7) is 8.88. The predicted octanol–water partition coefficient (Wildman–Crippen LogP) is 2.14. The van der Waals surface area contributed by atoms with Crippen molar-refractivity contribution in [2.45, 2.75) is 64.1 Å². The van der Waals surface area contributed by atoms with Gasteiger partial charge in [-0.05, 0) is 65.3 Å². The SMILES string of the molecule is CC(C)(C)OC(=O)N1CCC(CC2(O)CCCNC2)CC1. The van der Waals surface area contributed by atoms with Gasteiger partial charge in [0.25, 0.3) is 0 Å². The lowest BCUT2D eigenvalue weighted by atomic mass is 9.81. The molecule has 2 rings (SSSR count). The van der Waals surface area contributed by atoms with E-state index in [-0.39, 0.29) is 6.09 Å². The van der Waals surface area contributed by atoms with E-state index in [9.17, 15) is 9.90 Å². The second kappa shape index (κ2) is 6.53. The van der Waals surface area contributed by atoms with Gasteiger partial charge in [-0.2, -0.15) is 0 Å². The smallest absolute Gasteiger partial charge is 0.410 e. The minimum atomic E-state index is -0.545. The van der Waals surface area contributed by atoms with Crippen molar-refractivity contribution in [1.29, 1.82) is 0 Å². The molecule has 5 heteroatoms. The van der Waals surface area contributed by atoms with Crippen LogP contribution >= 0.6 is 0 Å². The summed E-state index contributed by atoms with van der Waals surface area (Å²) in [7, 11) is 0. The van der Waals surface area contributed by atoms with Gasteiger partial charge in [-0.3, -0.25) is 0 Å². The summed E-state index contributed by atoms with van der Waals surface area (Å²) in [5.74, 6) is 0.508. The van der Waals surface area contributed by atoms with Crippen LogP contribution in [-0.4, -0.2) is 53.5 Å². The normalized spacial score (nSPS) is 28.5. The summed E-state index contributed by atoms with van der Waals surface area (Å²) < 4.78 is 5.41. The van der Waals surface area contributed by atoms with Gasteiger partial charge in [0, 0.05) is 19.6 Å². The van der Waals surface area contributed by atoms with Gasteiger partial charge in [0.15, 0.2) is 0 Å². The summed E-state index contributed by atoms with van der Waals surface area (Å²) >= 11 is 0. The summed E-state index contributed by atoms with van der Waals surface area (Å²) in [4.78, 5) is 13.8. The zero-order chi connectivity index (χ0) is 15.5. The third kappa shape index (κ3) is 5.15. The number of β-amino-alcohol motifs (C(OH)–C–C–N with tert-alkyl or cyclic N) is 1. The van der Waals surface area contributed by atoms with Gasteiger partial charge in [0.2, 0.25) is 0 Å². The third-order valence-electron chi connectivity index (χ3n) is 4.38. The van der Waals surface area contributed by atoms with Crippen molar-refractivity contribution < 1.29 is 14.6 Å². The lowest BCUT2D eigenvalue weighted by Gasteiger charge is -2.39. The summed E-state index contributed by atoms with van der Waals surface area (Å²) in [6, 6.07) is 0. The molecular formula is C16H30N2O3. The highest BCUT2D eigenvalue weighted by molar-refractivity contribution is 5.68. The molecule has 2 heterocycles. The van der Waals surface area contributed by atoms with E-state index in [1.54, 1.807) is 4.90 Å². The van der Waals surface area contributed by atoms with E-state index >= 15 is 0 Å². The van der Waals surface area contributed by atoms with Gasteiger partial charge in [-0.15, -0.1) is 0 Å². The van der Waals surface area contributed by atoms with Gasteiger partial charge in [-0.25, -0.2) is 4.79 Å². The third-order valence-corrected chi connectivity index (χ3v) is 4.38. The van der Waals surface area contributed by atoms with E-state index in [1.165, 1.54) is 0 Å². The predicted molar refractivity (Wildman–Crippen MR) is 82.2 cm³/mol. The highest BCUT2D eigenvalue weighted by atomic mass is 16.6. The van der Waals surface area contributed by atoms with Crippen molar-refractivity contribution in [3.05, 3.63) is 0 Å². The fourth-order valence-electron chi connectivity index (χ4n) is 3.31. The van der Waals surface area contributed by atoms with Gasteiger partial charge in [-0.1, -0.05) is 0 Å². The van der Waals surface area contributed by atoms with Crippen LogP contribution in [0.3, 0.4) is 0 Å². The molecule has 0 bridgehead atoms. The van der Waals surface area contributed by atoms with Crippen molar-refractivity contribution in [3.63, 3.8) is 0 Å². The van der Waals surface area contributed by atoms with Gasteiger partial charge in [0.05, 0.1) is 5.60 Å². The molecule has 1 unspecified atom stereocenters.